The standard InChI is InChI=1S/C15H20ClN3O2/c1-11-12(4-3-5-13(11)16)15(21)18(2)10-14(20)19-8-6-17-7-9-19/h3-5,17H,6-10H2,1-2H3. The van der Waals surface area contributed by atoms with Crippen molar-refractivity contribution in [2.75, 3.05) is 39.8 Å². The van der Waals surface area contributed by atoms with Crippen LogP contribution in [0.25, 0.3) is 0 Å². The van der Waals surface area contributed by atoms with Crippen molar-refractivity contribution in [1.82, 2.24) is 15.1 Å². The average Bonchev–Trinajstić information content (AvgIpc) is 2.50. The van der Waals surface area contributed by atoms with Crippen LogP contribution in [0.1, 0.15) is 15.9 Å². The lowest BCUT2D eigenvalue weighted by Crippen LogP contribution is -2.49. The molecule has 1 aromatic rings. The lowest BCUT2D eigenvalue weighted by Gasteiger charge is -2.29. The molecule has 0 unspecified atom stereocenters. The third kappa shape index (κ3) is 3.74. The van der Waals surface area contributed by atoms with Crippen LogP contribution in [0.2, 0.25) is 5.02 Å². The number of halogens is 1. The maximum absolute atomic E-state index is 12.4. The number of likely N-dealkylation sites (N-methyl/N-ethyl adjacent to an activating group) is 1. The highest BCUT2D eigenvalue weighted by atomic mass is 35.5. The van der Waals surface area contributed by atoms with E-state index in [2.05, 4.69) is 5.32 Å². The highest BCUT2D eigenvalue weighted by Gasteiger charge is 2.21. The van der Waals surface area contributed by atoms with Crippen LogP contribution >= 0.6 is 11.6 Å². The number of carbonyl (C=O) groups is 2. The van der Waals surface area contributed by atoms with Crippen molar-refractivity contribution < 1.29 is 9.59 Å². The number of rotatable bonds is 3. The van der Waals surface area contributed by atoms with E-state index < -0.39 is 0 Å². The predicted octanol–water partition coefficient (Wildman–Crippen LogP) is 1.15. The molecular formula is C15H20ClN3O2. The minimum Gasteiger partial charge on any atom is -0.339 e. The first-order valence-electron chi connectivity index (χ1n) is 7.00. The fraction of sp³-hybridized carbons (Fsp3) is 0.467. The van der Waals surface area contributed by atoms with E-state index in [1.165, 1.54) is 4.90 Å². The zero-order valence-corrected chi connectivity index (χ0v) is 13.1. The molecule has 2 rings (SSSR count). The molecule has 6 heteroatoms. The van der Waals surface area contributed by atoms with Gasteiger partial charge in [-0.1, -0.05) is 17.7 Å². The summed E-state index contributed by atoms with van der Waals surface area (Å²) in [5.41, 5.74) is 1.28. The third-order valence-electron chi connectivity index (χ3n) is 3.69. The van der Waals surface area contributed by atoms with Crippen molar-refractivity contribution in [3.8, 4) is 0 Å². The number of carbonyl (C=O) groups excluding carboxylic acids is 2. The van der Waals surface area contributed by atoms with E-state index in [4.69, 9.17) is 11.6 Å². The number of piperazine rings is 1. The van der Waals surface area contributed by atoms with Crippen molar-refractivity contribution >= 4 is 23.4 Å². The van der Waals surface area contributed by atoms with E-state index in [0.29, 0.717) is 23.7 Å². The first-order chi connectivity index (χ1) is 10.0. The van der Waals surface area contributed by atoms with E-state index in [9.17, 15) is 9.59 Å². The van der Waals surface area contributed by atoms with Gasteiger partial charge >= 0.3 is 0 Å². The summed E-state index contributed by atoms with van der Waals surface area (Å²) in [6.45, 7) is 4.88. The fourth-order valence-corrected chi connectivity index (χ4v) is 2.51. The Morgan fingerprint density at radius 1 is 1.33 bits per heavy atom. The Bertz CT molecular complexity index is 542. The lowest BCUT2D eigenvalue weighted by atomic mass is 10.1. The molecule has 0 aromatic heterocycles. The largest absolute Gasteiger partial charge is 0.339 e. The number of nitrogens with one attached hydrogen (secondary N) is 1. The first-order valence-corrected chi connectivity index (χ1v) is 7.37. The minimum atomic E-state index is -0.182. The summed E-state index contributed by atoms with van der Waals surface area (Å²) in [5, 5.41) is 3.75. The van der Waals surface area contributed by atoms with Gasteiger partial charge in [0.2, 0.25) is 5.91 Å². The van der Waals surface area contributed by atoms with Gasteiger partial charge in [0.25, 0.3) is 5.91 Å². The molecule has 1 aromatic carbocycles. The number of benzene rings is 1. The minimum absolute atomic E-state index is 0.0213. The molecule has 5 nitrogen and oxygen atoms in total. The summed E-state index contributed by atoms with van der Waals surface area (Å²) < 4.78 is 0. The second-order valence-electron chi connectivity index (χ2n) is 5.20. The van der Waals surface area contributed by atoms with E-state index in [1.807, 2.05) is 6.92 Å². The summed E-state index contributed by atoms with van der Waals surface area (Å²) in [6, 6.07) is 5.23. The van der Waals surface area contributed by atoms with Crippen molar-refractivity contribution in [2.24, 2.45) is 0 Å². The van der Waals surface area contributed by atoms with Gasteiger partial charge in [-0.2, -0.15) is 0 Å². The first kappa shape index (κ1) is 15.8. The van der Waals surface area contributed by atoms with Crippen LogP contribution < -0.4 is 5.32 Å². The Labute approximate surface area is 129 Å². The van der Waals surface area contributed by atoms with E-state index >= 15 is 0 Å². The lowest BCUT2D eigenvalue weighted by molar-refractivity contribution is -0.132. The second kappa shape index (κ2) is 6.91. The summed E-state index contributed by atoms with van der Waals surface area (Å²) >= 11 is 6.04. The zero-order valence-electron chi connectivity index (χ0n) is 12.4. The van der Waals surface area contributed by atoms with Crippen molar-refractivity contribution in [1.29, 1.82) is 0 Å². The van der Waals surface area contributed by atoms with Crippen LogP contribution in [0.15, 0.2) is 18.2 Å². The Morgan fingerprint density at radius 3 is 2.67 bits per heavy atom. The number of amides is 2. The zero-order chi connectivity index (χ0) is 15.4. The van der Waals surface area contributed by atoms with Crippen LogP contribution in [0, 0.1) is 6.92 Å². The quantitative estimate of drug-likeness (QED) is 0.911. The van der Waals surface area contributed by atoms with Crippen LogP contribution in [0.3, 0.4) is 0 Å². The Hall–Kier alpha value is -1.59. The van der Waals surface area contributed by atoms with Gasteiger partial charge in [-0.15, -0.1) is 0 Å². The third-order valence-corrected chi connectivity index (χ3v) is 4.10. The molecule has 0 aliphatic carbocycles. The molecular weight excluding hydrogens is 290 g/mol. The highest BCUT2D eigenvalue weighted by molar-refractivity contribution is 6.31. The highest BCUT2D eigenvalue weighted by Crippen LogP contribution is 2.19. The number of hydrogen-bond acceptors (Lipinski definition) is 3. The van der Waals surface area contributed by atoms with Crippen LogP contribution in [0.5, 0.6) is 0 Å². The van der Waals surface area contributed by atoms with Gasteiger partial charge in [-0.05, 0) is 24.6 Å². The molecule has 0 spiro atoms. The average molecular weight is 310 g/mol. The summed E-state index contributed by atoms with van der Waals surface area (Å²) in [7, 11) is 1.64. The Balaban J connectivity index is 2.02. The molecule has 21 heavy (non-hydrogen) atoms. The molecule has 1 aliphatic rings. The Morgan fingerprint density at radius 2 is 2.00 bits per heavy atom. The maximum atomic E-state index is 12.4. The van der Waals surface area contributed by atoms with Gasteiger partial charge in [0.1, 0.15) is 0 Å². The molecule has 1 fully saturated rings. The van der Waals surface area contributed by atoms with E-state index in [-0.39, 0.29) is 18.4 Å². The summed E-state index contributed by atoms with van der Waals surface area (Å²) in [6.07, 6.45) is 0. The van der Waals surface area contributed by atoms with Gasteiger partial charge in [-0.3, -0.25) is 9.59 Å². The molecule has 0 saturated carbocycles. The SMILES string of the molecule is Cc1c(Cl)cccc1C(=O)N(C)CC(=O)N1CCNCC1. The maximum Gasteiger partial charge on any atom is 0.254 e. The van der Waals surface area contributed by atoms with Crippen LogP contribution in [-0.4, -0.2) is 61.4 Å². The topological polar surface area (TPSA) is 52.7 Å². The van der Waals surface area contributed by atoms with Crippen molar-refractivity contribution in [3.63, 3.8) is 0 Å². The fourth-order valence-electron chi connectivity index (χ4n) is 2.33. The normalized spacial score (nSPS) is 14.9. The van der Waals surface area contributed by atoms with Gasteiger partial charge in [-0.25, -0.2) is 0 Å². The molecule has 0 atom stereocenters. The van der Waals surface area contributed by atoms with Crippen molar-refractivity contribution in [2.45, 2.75) is 6.92 Å². The van der Waals surface area contributed by atoms with Crippen molar-refractivity contribution in [3.05, 3.63) is 34.3 Å². The molecule has 1 heterocycles. The number of nitrogens with zero attached hydrogens (tertiary/aromatic N) is 2. The predicted molar refractivity (Wildman–Crippen MR) is 82.6 cm³/mol. The molecule has 1 aliphatic heterocycles. The monoisotopic (exact) mass is 309 g/mol. The van der Waals surface area contributed by atoms with Gasteiger partial charge in [0, 0.05) is 43.8 Å². The molecule has 1 saturated heterocycles. The molecule has 0 bridgehead atoms. The van der Waals surface area contributed by atoms with Gasteiger partial charge in [0.15, 0.2) is 0 Å². The number of hydrogen-bond donors (Lipinski definition) is 1. The second-order valence-corrected chi connectivity index (χ2v) is 5.61. The molecule has 114 valence electrons. The Kier molecular flexibility index (Phi) is 5.20. The van der Waals surface area contributed by atoms with Crippen LogP contribution in [-0.2, 0) is 4.79 Å². The van der Waals surface area contributed by atoms with Gasteiger partial charge < -0.3 is 15.1 Å². The van der Waals surface area contributed by atoms with E-state index in [0.717, 1.165) is 18.7 Å². The molecule has 1 N–H and O–H groups in total. The van der Waals surface area contributed by atoms with E-state index in [1.54, 1.807) is 30.1 Å². The summed E-state index contributed by atoms with van der Waals surface area (Å²) in [5.74, 6) is -0.203. The van der Waals surface area contributed by atoms with Gasteiger partial charge in [0.05, 0.1) is 6.54 Å². The molecule has 0 radical (unpaired) electrons. The van der Waals surface area contributed by atoms with Crippen LogP contribution in [0.4, 0.5) is 0 Å². The molecule has 2 amide bonds. The smallest absolute Gasteiger partial charge is 0.254 e. The summed E-state index contributed by atoms with van der Waals surface area (Å²) in [4.78, 5) is 27.8.